The summed E-state index contributed by atoms with van der Waals surface area (Å²) in [6.07, 6.45) is 0.961. The van der Waals surface area contributed by atoms with Gasteiger partial charge in [-0.2, -0.15) is 9.97 Å². The first-order chi connectivity index (χ1) is 8.30. The van der Waals surface area contributed by atoms with Crippen LogP contribution >= 0.6 is 0 Å². The van der Waals surface area contributed by atoms with Gasteiger partial charge in [-0.3, -0.25) is 0 Å². The molecular formula is C10H18N4O3. The molecule has 7 nitrogen and oxygen atoms in total. The van der Waals surface area contributed by atoms with Crippen molar-refractivity contribution in [2.45, 2.75) is 20.3 Å². The maximum absolute atomic E-state index is 8.67. The SMILES string of the molecule is CCCNc1nc(OCC)nc(OCCO)n1. The summed E-state index contributed by atoms with van der Waals surface area (Å²) >= 11 is 0. The second-order valence-electron chi connectivity index (χ2n) is 3.16. The zero-order chi connectivity index (χ0) is 12.5. The molecular weight excluding hydrogens is 224 g/mol. The van der Waals surface area contributed by atoms with Gasteiger partial charge in [-0.15, -0.1) is 4.98 Å². The number of hydrogen-bond donors (Lipinski definition) is 2. The van der Waals surface area contributed by atoms with Crippen molar-refractivity contribution in [2.24, 2.45) is 0 Å². The predicted octanol–water partition coefficient (Wildman–Crippen LogP) is 0.463. The van der Waals surface area contributed by atoms with Crippen LogP contribution in [0.2, 0.25) is 0 Å². The Balaban J connectivity index is 2.76. The van der Waals surface area contributed by atoms with E-state index in [0.29, 0.717) is 12.6 Å². The van der Waals surface area contributed by atoms with Crippen molar-refractivity contribution < 1.29 is 14.6 Å². The number of ether oxygens (including phenoxy) is 2. The molecule has 0 radical (unpaired) electrons. The van der Waals surface area contributed by atoms with E-state index in [-0.39, 0.29) is 25.2 Å². The molecule has 0 fully saturated rings. The minimum Gasteiger partial charge on any atom is -0.464 e. The highest BCUT2D eigenvalue weighted by Crippen LogP contribution is 2.12. The van der Waals surface area contributed by atoms with Crippen molar-refractivity contribution in [1.29, 1.82) is 0 Å². The predicted molar refractivity (Wildman–Crippen MR) is 62.4 cm³/mol. The molecule has 0 spiro atoms. The second-order valence-corrected chi connectivity index (χ2v) is 3.16. The van der Waals surface area contributed by atoms with Gasteiger partial charge >= 0.3 is 12.0 Å². The monoisotopic (exact) mass is 242 g/mol. The van der Waals surface area contributed by atoms with E-state index in [4.69, 9.17) is 14.6 Å². The third-order valence-electron chi connectivity index (χ3n) is 1.72. The minimum atomic E-state index is -0.0899. The minimum absolute atomic E-state index is 0.0899. The maximum atomic E-state index is 8.67. The molecule has 0 aliphatic carbocycles. The van der Waals surface area contributed by atoms with Crippen LogP contribution in [-0.2, 0) is 0 Å². The summed E-state index contributed by atoms with van der Waals surface area (Å²) in [6.45, 7) is 5.17. The summed E-state index contributed by atoms with van der Waals surface area (Å²) in [5, 5.41) is 11.7. The molecule has 1 rings (SSSR count). The number of aliphatic hydroxyl groups excluding tert-OH is 1. The summed E-state index contributed by atoms with van der Waals surface area (Å²) in [5.41, 5.74) is 0. The standard InChI is InChI=1S/C10H18N4O3/c1-3-5-11-8-12-9(16-4-2)14-10(13-8)17-7-6-15/h15H,3-7H2,1-2H3,(H,11,12,13,14). The Morgan fingerprint density at radius 3 is 2.41 bits per heavy atom. The highest BCUT2D eigenvalue weighted by Gasteiger charge is 2.07. The first-order valence-electron chi connectivity index (χ1n) is 5.66. The third-order valence-corrected chi connectivity index (χ3v) is 1.72. The molecule has 0 atom stereocenters. The van der Waals surface area contributed by atoms with Gasteiger partial charge in [-0.25, -0.2) is 0 Å². The molecule has 0 aromatic carbocycles. The summed E-state index contributed by atoms with van der Waals surface area (Å²) in [6, 6.07) is 0.366. The molecule has 1 aromatic rings. The van der Waals surface area contributed by atoms with Crippen LogP contribution in [0, 0.1) is 0 Å². The van der Waals surface area contributed by atoms with Gasteiger partial charge < -0.3 is 19.9 Å². The fourth-order valence-electron chi connectivity index (χ4n) is 1.05. The highest BCUT2D eigenvalue weighted by atomic mass is 16.5. The number of aliphatic hydroxyl groups is 1. The molecule has 2 N–H and O–H groups in total. The molecule has 7 heteroatoms. The lowest BCUT2D eigenvalue weighted by Gasteiger charge is -2.08. The van der Waals surface area contributed by atoms with Crippen LogP contribution in [0.4, 0.5) is 5.95 Å². The third kappa shape index (κ3) is 4.81. The molecule has 1 heterocycles. The van der Waals surface area contributed by atoms with Gasteiger partial charge in [0.2, 0.25) is 5.95 Å². The van der Waals surface area contributed by atoms with Crippen LogP contribution < -0.4 is 14.8 Å². The highest BCUT2D eigenvalue weighted by molar-refractivity contribution is 5.27. The van der Waals surface area contributed by atoms with E-state index in [1.165, 1.54) is 0 Å². The first-order valence-corrected chi connectivity index (χ1v) is 5.66. The Morgan fingerprint density at radius 2 is 1.82 bits per heavy atom. The molecule has 0 saturated carbocycles. The van der Waals surface area contributed by atoms with Gasteiger partial charge in [0.25, 0.3) is 0 Å². The van der Waals surface area contributed by atoms with Crippen molar-refractivity contribution in [2.75, 3.05) is 31.7 Å². The zero-order valence-electron chi connectivity index (χ0n) is 10.1. The zero-order valence-corrected chi connectivity index (χ0v) is 10.1. The van der Waals surface area contributed by atoms with E-state index in [2.05, 4.69) is 20.3 Å². The molecule has 0 aliphatic rings. The summed E-state index contributed by atoms with van der Waals surface area (Å²) in [4.78, 5) is 12.1. The van der Waals surface area contributed by atoms with E-state index in [0.717, 1.165) is 13.0 Å². The first kappa shape index (κ1) is 13.4. The van der Waals surface area contributed by atoms with E-state index >= 15 is 0 Å². The fraction of sp³-hybridized carbons (Fsp3) is 0.700. The quantitative estimate of drug-likeness (QED) is 0.684. The molecule has 0 aliphatic heterocycles. The Bertz CT molecular complexity index is 309. The van der Waals surface area contributed by atoms with E-state index in [1.54, 1.807) is 0 Å². The molecule has 96 valence electrons. The van der Waals surface area contributed by atoms with Crippen molar-refractivity contribution in [1.82, 2.24) is 15.0 Å². The second kappa shape index (κ2) is 7.61. The van der Waals surface area contributed by atoms with Crippen LogP contribution in [0.3, 0.4) is 0 Å². The van der Waals surface area contributed by atoms with E-state index in [1.807, 2.05) is 13.8 Å². The average molecular weight is 242 g/mol. The van der Waals surface area contributed by atoms with Crippen molar-refractivity contribution in [3.05, 3.63) is 0 Å². The number of nitrogens with zero attached hydrogens (tertiary/aromatic N) is 3. The Kier molecular flexibility index (Phi) is 6.02. The van der Waals surface area contributed by atoms with Crippen molar-refractivity contribution in [3.8, 4) is 12.0 Å². The topological polar surface area (TPSA) is 89.4 Å². The lowest BCUT2D eigenvalue weighted by Crippen LogP contribution is -2.11. The average Bonchev–Trinajstić information content (AvgIpc) is 2.34. The number of anilines is 1. The van der Waals surface area contributed by atoms with Crippen molar-refractivity contribution in [3.63, 3.8) is 0 Å². The van der Waals surface area contributed by atoms with Gasteiger partial charge in [-0.05, 0) is 13.3 Å². The van der Waals surface area contributed by atoms with E-state index < -0.39 is 0 Å². The van der Waals surface area contributed by atoms with Gasteiger partial charge in [0, 0.05) is 6.54 Å². The molecule has 17 heavy (non-hydrogen) atoms. The van der Waals surface area contributed by atoms with Crippen molar-refractivity contribution >= 4 is 5.95 Å². The summed E-state index contributed by atoms with van der Waals surface area (Å²) in [5.74, 6) is 0.415. The largest absolute Gasteiger partial charge is 0.464 e. The number of hydrogen-bond acceptors (Lipinski definition) is 7. The van der Waals surface area contributed by atoms with Gasteiger partial charge in [0.1, 0.15) is 6.61 Å². The summed E-state index contributed by atoms with van der Waals surface area (Å²) < 4.78 is 10.3. The van der Waals surface area contributed by atoms with E-state index in [9.17, 15) is 0 Å². The number of nitrogens with one attached hydrogen (secondary N) is 1. The van der Waals surface area contributed by atoms with Gasteiger partial charge in [0.05, 0.1) is 13.2 Å². The number of rotatable bonds is 8. The van der Waals surface area contributed by atoms with Gasteiger partial charge in [0.15, 0.2) is 0 Å². The Morgan fingerprint density at radius 1 is 1.12 bits per heavy atom. The lowest BCUT2D eigenvalue weighted by atomic mass is 10.5. The van der Waals surface area contributed by atoms with Gasteiger partial charge in [-0.1, -0.05) is 6.92 Å². The van der Waals surface area contributed by atoms with Crippen LogP contribution in [0.1, 0.15) is 20.3 Å². The molecule has 1 aromatic heterocycles. The Labute approximate surface area is 100 Å². The lowest BCUT2D eigenvalue weighted by molar-refractivity contribution is 0.188. The molecule has 0 unspecified atom stereocenters. The van der Waals surface area contributed by atoms with Crippen LogP contribution in [0.25, 0.3) is 0 Å². The van der Waals surface area contributed by atoms with Crippen LogP contribution in [0.15, 0.2) is 0 Å². The molecule has 0 bridgehead atoms. The molecule has 0 amide bonds. The maximum Gasteiger partial charge on any atom is 0.324 e. The van der Waals surface area contributed by atoms with Crippen LogP contribution in [-0.4, -0.2) is 46.4 Å². The molecule has 0 saturated heterocycles. The number of aromatic nitrogens is 3. The fourth-order valence-corrected chi connectivity index (χ4v) is 1.05. The smallest absolute Gasteiger partial charge is 0.324 e. The summed E-state index contributed by atoms with van der Waals surface area (Å²) in [7, 11) is 0. The van der Waals surface area contributed by atoms with Crippen LogP contribution in [0.5, 0.6) is 12.0 Å². The Hall–Kier alpha value is -1.63. The normalized spacial score (nSPS) is 10.1.